The van der Waals surface area contributed by atoms with Gasteiger partial charge in [-0.15, -0.1) is 0 Å². The van der Waals surface area contributed by atoms with Crippen LogP contribution in [0.2, 0.25) is 0 Å². The maximum absolute atomic E-state index is 6.49. The zero-order valence-corrected chi connectivity index (χ0v) is 32.7. The Morgan fingerprint density at radius 1 is 0.311 bits per heavy atom. The van der Waals surface area contributed by atoms with E-state index >= 15 is 0 Å². The van der Waals surface area contributed by atoms with E-state index in [9.17, 15) is 0 Å². The quantitative estimate of drug-likeness (QED) is 0.175. The van der Waals surface area contributed by atoms with Crippen molar-refractivity contribution in [2.45, 2.75) is 0 Å². The van der Waals surface area contributed by atoms with Crippen LogP contribution >= 0.6 is 0 Å². The highest BCUT2D eigenvalue weighted by Crippen LogP contribution is 2.42. The highest BCUT2D eigenvalue weighted by Gasteiger charge is 2.22. The van der Waals surface area contributed by atoms with Gasteiger partial charge in [0.25, 0.3) is 0 Å². The van der Waals surface area contributed by atoms with Crippen LogP contribution in [0.1, 0.15) is 0 Å². The lowest BCUT2D eigenvalue weighted by Crippen LogP contribution is -2.02. The Balaban J connectivity index is 1.10. The van der Waals surface area contributed by atoms with Crippen LogP contribution in [0.5, 0.6) is 0 Å². The van der Waals surface area contributed by atoms with Crippen molar-refractivity contribution in [2.24, 2.45) is 0 Å². The lowest BCUT2D eigenvalue weighted by molar-refractivity contribution is 0.669. The van der Waals surface area contributed by atoms with E-state index in [1.807, 2.05) is 72.8 Å². The fourth-order valence-corrected chi connectivity index (χ4v) is 9.42. The summed E-state index contributed by atoms with van der Waals surface area (Å²) in [4.78, 5) is 15.3. The summed E-state index contributed by atoms with van der Waals surface area (Å²) in [7, 11) is 0. The maximum Gasteiger partial charge on any atom is 0.164 e. The molecule has 0 bridgehead atoms. The summed E-state index contributed by atoms with van der Waals surface area (Å²) >= 11 is 0. The van der Waals surface area contributed by atoms with Crippen LogP contribution in [-0.2, 0) is 0 Å². The van der Waals surface area contributed by atoms with Crippen molar-refractivity contribution in [3.63, 3.8) is 0 Å². The molecule has 0 N–H and O–H groups in total. The van der Waals surface area contributed by atoms with E-state index < -0.39 is 0 Å². The molecule has 9 aromatic carbocycles. The van der Waals surface area contributed by atoms with Gasteiger partial charge in [0.15, 0.2) is 17.5 Å². The van der Waals surface area contributed by atoms with E-state index in [1.54, 1.807) is 0 Å². The first-order valence-electron chi connectivity index (χ1n) is 20.5. The van der Waals surface area contributed by atoms with Gasteiger partial charge in [-0.25, -0.2) is 15.0 Å². The van der Waals surface area contributed by atoms with Crippen LogP contribution in [0.15, 0.2) is 205 Å². The minimum atomic E-state index is 0.623. The molecule has 13 aromatic rings. The van der Waals surface area contributed by atoms with E-state index in [4.69, 9.17) is 19.4 Å². The molecule has 6 heteroatoms. The number of hydrogen-bond acceptors (Lipinski definition) is 4. The molecule has 61 heavy (non-hydrogen) atoms. The number of para-hydroxylation sites is 3. The highest BCUT2D eigenvalue weighted by molar-refractivity contribution is 6.18. The van der Waals surface area contributed by atoms with Crippen molar-refractivity contribution in [1.29, 1.82) is 0 Å². The van der Waals surface area contributed by atoms with Crippen LogP contribution in [0.25, 0.3) is 122 Å². The smallest absolute Gasteiger partial charge is 0.164 e. The van der Waals surface area contributed by atoms with E-state index in [0.717, 1.165) is 82.6 Å². The molecule has 0 saturated heterocycles. The zero-order chi connectivity index (χ0) is 40.0. The van der Waals surface area contributed by atoms with Crippen LogP contribution in [-0.4, -0.2) is 24.1 Å². The second kappa shape index (κ2) is 13.1. The molecule has 0 saturated carbocycles. The van der Waals surface area contributed by atoms with Gasteiger partial charge in [-0.2, -0.15) is 0 Å². The Kier molecular flexibility index (Phi) is 7.21. The number of aromatic nitrogens is 5. The SMILES string of the molecule is c1ccc(-c2nc(-c3ccccc3)nc(-c3ccc(-n4c5cc(-n6c7ccccc7c7ccccc76)ccc5c5cc6oc7ccccc7c6cc54)c4ccccc34)n2)cc1. The summed E-state index contributed by atoms with van der Waals surface area (Å²) in [6.07, 6.45) is 0. The summed E-state index contributed by atoms with van der Waals surface area (Å²) < 4.78 is 11.3. The maximum atomic E-state index is 6.49. The van der Waals surface area contributed by atoms with E-state index in [-0.39, 0.29) is 0 Å². The van der Waals surface area contributed by atoms with Gasteiger partial charge in [0.05, 0.1) is 27.8 Å². The minimum Gasteiger partial charge on any atom is -0.456 e. The third kappa shape index (κ3) is 5.12. The Hall–Kier alpha value is -8.35. The van der Waals surface area contributed by atoms with Crippen molar-refractivity contribution in [3.8, 4) is 45.5 Å². The molecule has 4 heterocycles. The number of rotatable bonds is 5. The van der Waals surface area contributed by atoms with Crippen LogP contribution in [0, 0.1) is 0 Å². The van der Waals surface area contributed by atoms with Gasteiger partial charge in [0.1, 0.15) is 11.2 Å². The molecule has 0 amide bonds. The summed E-state index contributed by atoms with van der Waals surface area (Å²) in [5, 5.41) is 9.05. The van der Waals surface area contributed by atoms with Crippen molar-refractivity contribution < 1.29 is 4.42 Å². The first-order valence-corrected chi connectivity index (χ1v) is 20.5. The molecule has 0 fully saturated rings. The topological polar surface area (TPSA) is 61.7 Å². The summed E-state index contributed by atoms with van der Waals surface area (Å²) in [5.74, 6) is 1.89. The van der Waals surface area contributed by atoms with Gasteiger partial charge in [-0.05, 0) is 60.0 Å². The standard InChI is InChI=1S/C55H33N5O/c1-3-15-34(16-4-1)53-56-54(35-17-5-2-6-18-35)58-55(57-53)43-29-30-48(38-20-8-7-19-37(38)43)60-49-31-36(59-46-24-12-9-21-39(46)40-22-10-13-25-47(40)59)27-28-41(49)44-33-52-45(32-50(44)60)42-23-11-14-26-51(42)61-52/h1-33H. The van der Waals surface area contributed by atoms with Gasteiger partial charge >= 0.3 is 0 Å². The summed E-state index contributed by atoms with van der Waals surface area (Å²) in [6, 6.07) is 70.4. The normalized spacial score (nSPS) is 11.9. The summed E-state index contributed by atoms with van der Waals surface area (Å²) in [6.45, 7) is 0. The number of nitrogens with zero attached hydrogens (tertiary/aromatic N) is 5. The Morgan fingerprint density at radius 3 is 1.54 bits per heavy atom. The Labute approximate surface area is 349 Å². The molecular formula is C55H33N5O. The van der Waals surface area contributed by atoms with Crippen molar-refractivity contribution in [3.05, 3.63) is 200 Å². The number of hydrogen-bond donors (Lipinski definition) is 0. The molecule has 284 valence electrons. The second-order valence-corrected chi connectivity index (χ2v) is 15.6. The van der Waals surface area contributed by atoms with E-state index in [1.165, 1.54) is 21.8 Å². The molecule has 4 aromatic heterocycles. The third-order valence-electron chi connectivity index (χ3n) is 12.2. The largest absolute Gasteiger partial charge is 0.456 e. The van der Waals surface area contributed by atoms with Crippen molar-refractivity contribution in [1.82, 2.24) is 24.1 Å². The molecule has 0 aliphatic carbocycles. The molecule has 0 radical (unpaired) electrons. The van der Waals surface area contributed by atoms with Gasteiger partial charge in [-0.3, -0.25) is 0 Å². The van der Waals surface area contributed by atoms with Gasteiger partial charge < -0.3 is 13.6 Å². The minimum absolute atomic E-state index is 0.623. The zero-order valence-electron chi connectivity index (χ0n) is 32.7. The first-order chi connectivity index (χ1) is 30.2. The second-order valence-electron chi connectivity index (χ2n) is 15.6. The van der Waals surface area contributed by atoms with Crippen molar-refractivity contribution in [2.75, 3.05) is 0 Å². The van der Waals surface area contributed by atoms with Crippen LogP contribution in [0.3, 0.4) is 0 Å². The van der Waals surface area contributed by atoms with E-state index in [0.29, 0.717) is 17.5 Å². The molecule has 0 aliphatic rings. The average Bonchev–Trinajstić information content (AvgIpc) is 3.97. The van der Waals surface area contributed by atoms with Crippen molar-refractivity contribution >= 4 is 76.3 Å². The van der Waals surface area contributed by atoms with E-state index in [2.05, 4.69) is 137 Å². The monoisotopic (exact) mass is 779 g/mol. The van der Waals surface area contributed by atoms with Gasteiger partial charge in [0, 0.05) is 60.1 Å². The van der Waals surface area contributed by atoms with Gasteiger partial charge in [-0.1, -0.05) is 146 Å². The highest BCUT2D eigenvalue weighted by atomic mass is 16.3. The first kappa shape index (κ1) is 33.6. The molecule has 0 aliphatic heterocycles. The fraction of sp³-hybridized carbons (Fsp3) is 0. The summed E-state index contributed by atoms with van der Waals surface area (Å²) in [5.41, 5.74) is 11.3. The molecule has 0 spiro atoms. The molecule has 0 unspecified atom stereocenters. The molecule has 0 atom stereocenters. The average molecular weight is 780 g/mol. The predicted octanol–water partition coefficient (Wildman–Crippen LogP) is 14.1. The van der Waals surface area contributed by atoms with Crippen LogP contribution in [0.4, 0.5) is 0 Å². The third-order valence-corrected chi connectivity index (χ3v) is 12.2. The molecule has 6 nitrogen and oxygen atoms in total. The lowest BCUT2D eigenvalue weighted by atomic mass is 10.0. The fourth-order valence-electron chi connectivity index (χ4n) is 9.42. The molecule has 13 rings (SSSR count). The Bertz CT molecular complexity index is 3770. The Morgan fingerprint density at radius 2 is 0.852 bits per heavy atom. The predicted molar refractivity (Wildman–Crippen MR) is 250 cm³/mol. The number of benzene rings is 9. The lowest BCUT2D eigenvalue weighted by Gasteiger charge is -2.16. The number of furan rings is 1. The number of fused-ring (bicyclic) bond motifs is 10. The molecular weight excluding hydrogens is 747 g/mol. The van der Waals surface area contributed by atoms with Gasteiger partial charge in [0.2, 0.25) is 0 Å². The van der Waals surface area contributed by atoms with Crippen LogP contribution < -0.4 is 0 Å².